The van der Waals surface area contributed by atoms with Crippen LogP contribution in [0.25, 0.3) is 0 Å². The molecule has 7 rings (SSSR count). The summed E-state index contributed by atoms with van der Waals surface area (Å²) in [6.45, 7) is 34.2. The third-order valence-corrected chi connectivity index (χ3v) is 10.8. The summed E-state index contributed by atoms with van der Waals surface area (Å²) in [7, 11) is 4.09. The maximum Gasteiger partial charge on any atom is 0.126 e. The average molecular weight is 985 g/mol. The van der Waals surface area contributed by atoms with E-state index in [0.29, 0.717) is 16.7 Å². The van der Waals surface area contributed by atoms with E-state index in [-0.39, 0.29) is 22.1 Å². The lowest BCUT2D eigenvalue weighted by Gasteiger charge is -2.25. The minimum absolute atomic E-state index is 0.171. The van der Waals surface area contributed by atoms with Gasteiger partial charge in [-0.15, -0.1) is 0 Å². The molecule has 0 aromatic heterocycles. The summed E-state index contributed by atoms with van der Waals surface area (Å²) in [5.41, 5.74) is 16.0. The molecule has 0 bridgehead atoms. The van der Waals surface area contributed by atoms with Crippen molar-refractivity contribution in [2.45, 2.75) is 127 Å². The summed E-state index contributed by atoms with van der Waals surface area (Å²) in [6.07, 6.45) is 0. The highest BCUT2D eigenvalue weighted by atomic mass is 19.1. The third kappa shape index (κ3) is 27.1. The van der Waals surface area contributed by atoms with Crippen molar-refractivity contribution in [1.82, 2.24) is 0 Å². The molecule has 7 aromatic rings. The van der Waals surface area contributed by atoms with Crippen molar-refractivity contribution in [3.8, 4) is 18.2 Å². The number of aryl methyl sites for hydroxylation is 7. The quantitative estimate of drug-likeness (QED) is 0.164. The molecular weight excluding hydrogens is 906 g/mol. The van der Waals surface area contributed by atoms with Crippen molar-refractivity contribution in [3.63, 3.8) is 0 Å². The Kier molecular flexibility index (Phi) is 26.6. The van der Waals surface area contributed by atoms with Gasteiger partial charge >= 0.3 is 0 Å². The lowest BCUT2D eigenvalue weighted by atomic mass is 9.80. The zero-order valence-electron chi connectivity index (χ0n) is 46.9. The van der Waals surface area contributed by atoms with Crippen LogP contribution in [-0.2, 0) is 16.2 Å². The number of benzene rings is 7. The lowest BCUT2D eigenvalue weighted by Crippen LogP contribution is -2.16. The fourth-order valence-corrected chi connectivity index (χ4v) is 6.31. The number of anilines is 1. The van der Waals surface area contributed by atoms with E-state index < -0.39 is 11.6 Å². The zero-order chi connectivity index (χ0) is 55.7. The molecule has 7 heteroatoms. The molecule has 0 atom stereocenters. The number of rotatable bonds is 1. The molecule has 73 heavy (non-hydrogen) atoms. The fourth-order valence-electron chi connectivity index (χ4n) is 6.31. The highest BCUT2D eigenvalue weighted by Crippen LogP contribution is 2.30. The second-order valence-electron chi connectivity index (χ2n) is 21.5. The monoisotopic (exact) mass is 985 g/mol. The van der Waals surface area contributed by atoms with Gasteiger partial charge in [-0.2, -0.15) is 15.8 Å². The van der Waals surface area contributed by atoms with Gasteiger partial charge in [0.2, 0.25) is 0 Å². The van der Waals surface area contributed by atoms with Crippen LogP contribution in [0, 0.1) is 99.9 Å². The highest BCUT2D eigenvalue weighted by molar-refractivity contribution is 5.46. The Bertz CT molecular complexity index is 2720. The van der Waals surface area contributed by atoms with Crippen LogP contribution in [0.1, 0.15) is 135 Å². The summed E-state index contributed by atoms with van der Waals surface area (Å²) < 4.78 is 36.5. The Hall–Kier alpha value is -7.40. The van der Waals surface area contributed by atoms with E-state index in [0.717, 1.165) is 22.8 Å². The van der Waals surface area contributed by atoms with Crippen LogP contribution in [0.3, 0.4) is 0 Å². The first-order chi connectivity index (χ1) is 33.9. The van der Waals surface area contributed by atoms with Crippen LogP contribution in [0.15, 0.2) is 152 Å². The second kappa shape index (κ2) is 30.5. The zero-order valence-corrected chi connectivity index (χ0v) is 46.9. The Morgan fingerprint density at radius 1 is 0.315 bits per heavy atom. The Morgan fingerprint density at radius 2 is 0.630 bits per heavy atom. The summed E-state index contributed by atoms with van der Waals surface area (Å²) in [4.78, 5) is 2.10. The van der Waals surface area contributed by atoms with Gasteiger partial charge < -0.3 is 4.90 Å². The maximum atomic E-state index is 12.2. The molecule has 384 valence electrons. The van der Waals surface area contributed by atoms with Gasteiger partial charge in [0, 0.05) is 25.8 Å². The molecule has 0 unspecified atom stereocenters. The van der Waals surface area contributed by atoms with E-state index in [4.69, 9.17) is 15.8 Å². The first kappa shape index (κ1) is 63.6. The predicted molar refractivity (Wildman–Crippen MR) is 303 cm³/mol. The largest absolute Gasteiger partial charge is 0.378 e. The topological polar surface area (TPSA) is 74.6 Å². The van der Waals surface area contributed by atoms with Gasteiger partial charge in [0.25, 0.3) is 0 Å². The van der Waals surface area contributed by atoms with Crippen molar-refractivity contribution < 1.29 is 13.2 Å². The molecule has 0 radical (unpaired) electrons. The molecule has 0 fully saturated rings. The van der Waals surface area contributed by atoms with E-state index in [2.05, 4.69) is 161 Å². The lowest BCUT2D eigenvalue weighted by molar-refractivity contribution is 0.567. The van der Waals surface area contributed by atoms with Crippen LogP contribution in [0.5, 0.6) is 0 Å². The summed E-state index contributed by atoms with van der Waals surface area (Å²) in [6, 6.07) is 52.6. The fraction of sp³-hybridized carbons (Fsp3) is 0.318. The molecular formula is C66H79F3N4. The average Bonchev–Trinajstić information content (AvgIpc) is 3.30. The molecule has 7 aromatic carbocycles. The Balaban J connectivity index is 0.000000429. The van der Waals surface area contributed by atoms with E-state index in [9.17, 15) is 13.2 Å². The van der Waals surface area contributed by atoms with Crippen molar-refractivity contribution in [2.75, 3.05) is 19.0 Å². The van der Waals surface area contributed by atoms with E-state index >= 15 is 0 Å². The van der Waals surface area contributed by atoms with Gasteiger partial charge in [-0.05, 0) is 159 Å². The number of hydrogen-bond donors (Lipinski definition) is 0. The molecule has 0 N–H and O–H groups in total. The molecule has 0 saturated heterocycles. The normalized spacial score (nSPS) is 10.2. The molecule has 0 aliphatic carbocycles. The van der Waals surface area contributed by atoms with Gasteiger partial charge in [0.15, 0.2) is 0 Å². The molecule has 0 aliphatic rings. The van der Waals surface area contributed by atoms with Crippen LogP contribution in [-0.4, -0.2) is 14.1 Å². The SMILES string of the molecule is Cc1cc(C#N)cc(C#N)c1.Cc1cc(C(C)(C)C)cc(C(C)(C)C)c1.Cc1cc(F)cc(F)c1.Cc1ccc(C#N)cc1.Cc1ccc(C(C)(C)C)cc1.Cc1ccc(F)cc1.Cc1ccc(N(C)C)cc1. The van der Waals surface area contributed by atoms with Gasteiger partial charge in [-0.25, -0.2) is 13.2 Å². The van der Waals surface area contributed by atoms with Gasteiger partial charge in [-0.3, -0.25) is 0 Å². The highest BCUT2D eigenvalue weighted by Gasteiger charge is 2.19. The van der Waals surface area contributed by atoms with Crippen LogP contribution >= 0.6 is 0 Å². The van der Waals surface area contributed by atoms with Gasteiger partial charge in [0.1, 0.15) is 17.5 Å². The van der Waals surface area contributed by atoms with Crippen molar-refractivity contribution in [3.05, 3.63) is 241 Å². The number of nitriles is 3. The molecule has 0 amide bonds. The van der Waals surface area contributed by atoms with Crippen molar-refractivity contribution in [1.29, 1.82) is 15.8 Å². The van der Waals surface area contributed by atoms with E-state index in [1.54, 1.807) is 37.3 Å². The van der Waals surface area contributed by atoms with Crippen LogP contribution in [0.2, 0.25) is 0 Å². The molecule has 0 saturated carbocycles. The summed E-state index contributed by atoms with van der Waals surface area (Å²) in [5, 5.41) is 25.4. The first-order valence-corrected chi connectivity index (χ1v) is 24.3. The van der Waals surface area contributed by atoms with Crippen molar-refractivity contribution in [2.24, 2.45) is 0 Å². The minimum atomic E-state index is -0.521. The Morgan fingerprint density at radius 3 is 0.945 bits per heavy atom. The standard InChI is InChI=1S/C15H24.C11H16.C9H6N2.C9H13N.C8H7N.C7H6F2.C7H7F/c1-11-8-12(14(2,3)4)10-13(9-11)15(5,6)7;1-9-5-7-10(8-6-9)11(2,3)4;1-7-2-8(5-10)4-9(3-7)6-11;1-8-4-6-9(7-5-8)10(2)3;1-7-2-4-8(6-9)5-3-7;1-5-2-6(8)4-7(9)3-5;1-6-2-4-7(8)5-3-6/h8-10H,1-7H3;5-8H,1-4H3;2-4H,1H3;4-7H,1-3H3;2-5H,1H3;2-4H,1H3;2-5H,1H3. The van der Waals surface area contributed by atoms with Crippen LogP contribution < -0.4 is 4.90 Å². The van der Waals surface area contributed by atoms with Gasteiger partial charge in [0.05, 0.1) is 34.9 Å². The van der Waals surface area contributed by atoms with Gasteiger partial charge in [-0.1, -0.05) is 169 Å². The number of nitrogens with zero attached hydrogens (tertiary/aromatic N) is 4. The molecule has 0 aliphatic heterocycles. The second-order valence-corrected chi connectivity index (χ2v) is 21.5. The first-order valence-electron chi connectivity index (χ1n) is 24.3. The molecule has 0 heterocycles. The smallest absolute Gasteiger partial charge is 0.126 e. The minimum Gasteiger partial charge on any atom is -0.378 e. The number of halogens is 3. The summed E-state index contributed by atoms with van der Waals surface area (Å²) in [5.74, 6) is -1.21. The third-order valence-electron chi connectivity index (χ3n) is 10.8. The van der Waals surface area contributed by atoms with E-state index in [1.165, 1.54) is 68.9 Å². The molecule has 4 nitrogen and oxygen atoms in total. The maximum absolute atomic E-state index is 12.2. The summed E-state index contributed by atoms with van der Waals surface area (Å²) >= 11 is 0. The van der Waals surface area contributed by atoms with Crippen molar-refractivity contribution >= 4 is 5.69 Å². The molecule has 0 spiro atoms. The predicted octanol–water partition coefficient (Wildman–Crippen LogP) is 18.0. The van der Waals surface area contributed by atoms with E-state index in [1.807, 2.05) is 71.3 Å². The Labute approximate surface area is 438 Å². The van der Waals surface area contributed by atoms with Crippen LogP contribution in [0.4, 0.5) is 18.9 Å². The number of hydrogen-bond acceptors (Lipinski definition) is 4.